The van der Waals surface area contributed by atoms with Crippen molar-refractivity contribution in [1.82, 2.24) is 15.1 Å². The molecule has 0 spiro atoms. The van der Waals surface area contributed by atoms with Crippen LogP contribution < -0.4 is 11.1 Å². The molecule has 1 aliphatic rings. The van der Waals surface area contributed by atoms with Gasteiger partial charge in [0.15, 0.2) is 0 Å². The predicted octanol–water partition coefficient (Wildman–Crippen LogP) is -0.240. The van der Waals surface area contributed by atoms with E-state index in [1.54, 1.807) is 6.20 Å². The molecule has 3 N–H and O–H groups in total. The van der Waals surface area contributed by atoms with Crippen molar-refractivity contribution in [2.75, 3.05) is 18.9 Å². The fraction of sp³-hybridized carbons (Fsp3) is 0.600. The van der Waals surface area contributed by atoms with Crippen molar-refractivity contribution in [2.45, 2.75) is 25.4 Å². The van der Waals surface area contributed by atoms with E-state index >= 15 is 0 Å². The number of nitrogens with zero attached hydrogens (tertiary/aromatic N) is 2. The van der Waals surface area contributed by atoms with Crippen LogP contribution in [0.4, 0.5) is 5.69 Å². The molecule has 1 atom stereocenters. The van der Waals surface area contributed by atoms with Crippen LogP contribution in [0.25, 0.3) is 0 Å². The van der Waals surface area contributed by atoms with Crippen LogP contribution in [0.1, 0.15) is 13.3 Å². The number of nitrogen functional groups attached to an aromatic ring is 1. The first kappa shape index (κ1) is 10.9. The third kappa shape index (κ3) is 2.52. The van der Waals surface area contributed by atoms with Gasteiger partial charge in [-0.3, -0.25) is 9.48 Å². The Hall–Kier alpha value is -1.56. The van der Waals surface area contributed by atoms with E-state index in [1.165, 1.54) is 10.9 Å². The largest absolute Gasteiger partial charge is 0.396 e. The van der Waals surface area contributed by atoms with E-state index in [4.69, 9.17) is 10.5 Å². The molecule has 1 unspecified atom stereocenters. The molecule has 1 saturated heterocycles. The molecule has 0 radical (unpaired) electrons. The highest BCUT2D eigenvalue weighted by Gasteiger charge is 2.31. The zero-order valence-electron chi connectivity index (χ0n) is 9.27. The molecule has 1 aromatic rings. The summed E-state index contributed by atoms with van der Waals surface area (Å²) in [7, 11) is 0. The summed E-state index contributed by atoms with van der Waals surface area (Å²) in [5.74, 6) is -0.0731. The van der Waals surface area contributed by atoms with Gasteiger partial charge in [0.25, 0.3) is 0 Å². The summed E-state index contributed by atoms with van der Waals surface area (Å²) in [6, 6.07) is 0. The number of amides is 1. The Bertz CT molecular complexity index is 382. The minimum atomic E-state index is -0.240. The Morgan fingerprint density at radius 3 is 3.19 bits per heavy atom. The molecule has 1 amide bonds. The second-order valence-corrected chi connectivity index (χ2v) is 4.38. The molecule has 0 bridgehead atoms. The lowest BCUT2D eigenvalue weighted by Gasteiger charge is -2.23. The highest BCUT2D eigenvalue weighted by molar-refractivity contribution is 5.76. The number of ether oxygens (including phenoxy) is 1. The summed E-state index contributed by atoms with van der Waals surface area (Å²) in [5, 5.41) is 6.90. The average molecular weight is 224 g/mol. The van der Waals surface area contributed by atoms with E-state index < -0.39 is 0 Å². The van der Waals surface area contributed by atoms with Crippen LogP contribution in [0.5, 0.6) is 0 Å². The van der Waals surface area contributed by atoms with Crippen LogP contribution in [-0.2, 0) is 16.1 Å². The van der Waals surface area contributed by atoms with Crippen molar-refractivity contribution < 1.29 is 9.53 Å². The van der Waals surface area contributed by atoms with Crippen molar-refractivity contribution in [3.63, 3.8) is 0 Å². The monoisotopic (exact) mass is 224 g/mol. The smallest absolute Gasteiger partial charge is 0.242 e. The third-order valence-electron chi connectivity index (χ3n) is 2.62. The first-order valence-corrected chi connectivity index (χ1v) is 5.24. The minimum absolute atomic E-state index is 0.0731. The van der Waals surface area contributed by atoms with Crippen LogP contribution in [0.2, 0.25) is 0 Å². The van der Waals surface area contributed by atoms with Gasteiger partial charge in [0.2, 0.25) is 5.91 Å². The number of nitrogens with one attached hydrogen (secondary N) is 1. The molecule has 88 valence electrons. The summed E-state index contributed by atoms with van der Waals surface area (Å²) < 4.78 is 6.78. The lowest BCUT2D eigenvalue weighted by molar-refractivity contribution is -0.123. The van der Waals surface area contributed by atoms with Crippen molar-refractivity contribution >= 4 is 11.6 Å². The van der Waals surface area contributed by atoms with E-state index in [9.17, 15) is 4.79 Å². The van der Waals surface area contributed by atoms with Crippen LogP contribution in [0, 0.1) is 0 Å². The summed E-state index contributed by atoms with van der Waals surface area (Å²) in [6.45, 7) is 3.44. The molecule has 6 heteroatoms. The van der Waals surface area contributed by atoms with Crippen LogP contribution >= 0.6 is 0 Å². The lowest BCUT2D eigenvalue weighted by Crippen LogP contribution is -2.47. The molecule has 2 heterocycles. The van der Waals surface area contributed by atoms with Gasteiger partial charge in [0.05, 0.1) is 24.0 Å². The fourth-order valence-corrected chi connectivity index (χ4v) is 1.75. The maximum Gasteiger partial charge on any atom is 0.242 e. The number of anilines is 1. The van der Waals surface area contributed by atoms with Gasteiger partial charge in [-0.25, -0.2) is 0 Å². The minimum Gasteiger partial charge on any atom is -0.396 e. The van der Waals surface area contributed by atoms with Crippen LogP contribution in [-0.4, -0.2) is 34.4 Å². The molecule has 0 saturated carbocycles. The van der Waals surface area contributed by atoms with Gasteiger partial charge in [0.1, 0.15) is 6.54 Å². The third-order valence-corrected chi connectivity index (χ3v) is 2.62. The summed E-state index contributed by atoms with van der Waals surface area (Å²) in [5.41, 5.74) is 5.83. The fourth-order valence-electron chi connectivity index (χ4n) is 1.75. The first-order valence-electron chi connectivity index (χ1n) is 5.24. The van der Waals surface area contributed by atoms with E-state index in [0.29, 0.717) is 18.9 Å². The molecule has 1 fully saturated rings. The van der Waals surface area contributed by atoms with E-state index in [0.717, 1.165) is 6.42 Å². The van der Waals surface area contributed by atoms with Gasteiger partial charge < -0.3 is 15.8 Å². The van der Waals surface area contributed by atoms with Crippen molar-refractivity contribution in [1.29, 1.82) is 0 Å². The zero-order chi connectivity index (χ0) is 11.6. The molecule has 1 aliphatic heterocycles. The van der Waals surface area contributed by atoms with Crippen LogP contribution in [0.3, 0.4) is 0 Å². The molecule has 1 aromatic heterocycles. The number of aromatic nitrogens is 2. The topological polar surface area (TPSA) is 82.2 Å². The Labute approximate surface area is 93.8 Å². The van der Waals surface area contributed by atoms with Gasteiger partial charge in [0, 0.05) is 12.8 Å². The maximum absolute atomic E-state index is 11.7. The number of nitrogens with two attached hydrogens (primary N) is 1. The van der Waals surface area contributed by atoms with Gasteiger partial charge >= 0.3 is 0 Å². The Balaban J connectivity index is 1.89. The number of carbonyl (C=O) groups is 1. The zero-order valence-corrected chi connectivity index (χ0v) is 9.27. The second-order valence-electron chi connectivity index (χ2n) is 4.38. The Morgan fingerprint density at radius 1 is 1.81 bits per heavy atom. The Kier molecular flexibility index (Phi) is 2.82. The SMILES string of the molecule is CC1(NC(=O)Cn2cc(N)cn2)CCOC1. The standard InChI is InChI=1S/C10H16N4O2/c1-10(2-3-16-7-10)13-9(15)6-14-5-8(11)4-12-14/h4-5H,2-3,6-7,11H2,1H3,(H,13,15). The van der Waals surface area contributed by atoms with Crippen molar-refractivity contribution in [3.8, 4) is 0 Å². The normalized spacial score (nSPS) is 24.6. The summed E-state index contributed by atoms with van der Waals surface area (Å²) in [6.07, 6.45) is 4.00. The number of hydrogen-bond donors (Lipinski definition) is 2. The quantitative estimate of drug-likeness (QED) is 0.742. The van der Waals surface area contributed by atoms with Crippen LogP contribution in [0.15, 0.2) is 12.4 Å². The molecule has 16 heavy (non-hydrogen) atoms. The average Bonchev–Trinajstić information content (AvgIpc) is 2.75. The molecule has 2 rings (SSSR count). The first-order chi connectivity index (χ1) is 7.57. The lowest BCUT2D eigenvalue weighted by atomic mass is 10.0. The van der Waals surface area contributed by atoms with E-state index in [2.05, 4.69) is 10.4 Å². The molecular weight excluding hydrogens is 208 g/mol. The number of rotatable bonds is 3. The van der Waals surface area contributed by atoms with E-state index in [-0.39, 0.29) is 18.0 Å². The van der Waals surface area contributed by atoms with Gasteiger partial charge in [-0.2, -0.15) is 5.10 Å². The number of hydrogen-bond acceptors (Lipinski definition) is 4. The summed E-state index contributed by atoms with van der Waals surface area (Å²) >= 11 is 0. The molecular formula is C10H16N4O2. The predicted molar refractivity (Wildman–Crippen MR) is 58.6 cm³/mol. The molecule has 0 aromatic carbocycles. The van der Waals surface area contributed by atoms with Crippen molar-refractivity contribution in [3.05, 3.63) is 12.4 Å². The molecule has 0 aliphatic carbocycles. The van der Waals surface area contributed by atoms with E-state index in [1.807, 2.05) is 6.92 Å². The second kappa shape index (κ2) is 4.13. The van der Waals surface area contributed by atoms with Gasteiger partial charge in [-0.1, -0.05) is 0 Å². The Morgan fingerprint density at radius 2 is 2.62 bits per heavy atom. The molecule has 6 nitrogen and oxygen atoms in total. The number of carbonyl (C=O) groups excluding carboxylic acids is 1. The van der Waals surface area contributed by atoms with Crippen molar-refractivity contribution in [2.24, 2.45) is 0 Å². The highest BCUT2D eigenvalue weighted by Crippen LogP contribution is 2.17. The summed E-state index contributed by atoms with van der Waals surface area (Å²) in [4.78, 5) is 11.7. The van der Waals surface area contributed by atoms with Gasteiger partial charge in [-0.15, -0.1) is 0 Å². The van der Waals surface area contributed by atoms with Gasteiger partial charge in [-0.05, 0) is 13.3 Å². The maximum atomic E-state index is 11.7. The highest BCUT2D eigenvalue weighted by atomic mass is 16.5.